The lowest BCUT2D eigenvalue weighted by molar-refractivity contribution is -0.137. The van der Waals surface area contributed by atoms with Gasteiger partial charge in [-0.25, -0.2) is 0 Å². The number of alkyl halides is 3. The minimum absolute atomic E-state index is 0.578. The quantitative estimate of drug-likeness (QED) is 0.553. The van der Waals surface area contributed by atoms with Crippen molar-refractivity contribution in [1.82, 2.24) is 14.6 Å². The summed E-state index contributed by atoms with van der Waals surface area (Å²) in [5.41, 5.74) is 3.25. The van der Waals surface area contributed by atoms with Gasteiger partial charge in [0.15, 0.2) is 5.65 Å². The van der Waals surface area contributed by atoms with E-state index < -0.39 is 11.7 Å². The maximum Gasteiger partial charge on any atom is 0.416 e. The number of hydrogen-bond acceptors (Lipinski definition) is 3. The molecular formula is C19H13F3N4. The van der Waals surface area contributed by atoms with Gasteiger partial charge in [-0.3, -0.25) is 4.40 Å². The van der Waals surface area contributed by atoms with Gasteiger partial charge in [-0.1, -0.05) is 18.2 Å². The van der Waals surface area contributed by atoms with E-state index >= 15 is 0 Å². The SMILES string of the molecule is FC(F)(F)c1ccc(Nc2ccccc2-c2ccn3cnnc3c2)cc1. The summed E-state index contributed by atoms with van der Waals surface area (Å²) in [5.74, 6) is 0. The molecule has 0 radical (unpaired) electrons. The normalized spacial score (nSPS) is 11.7. The van der Waals surface area contributed by atoms with Crippen molar-refractivity contribution in [2.45, 2.75) is 6.18 Å². The zero-order valence-corrected chi connectivity index (χ0v) is 13.4. The fourth-order valence-corrected chi connectivity index (χ4v) is 2.73. The Labute approximate surface area is 146 Å². The zero-order valence-electron chi connectivity index (χ0n) is 13.4. The Hall–Kier alpha value is -3.35. The third-order valence-electron chi connectivity index (χ3n) is 4.03. The summed E-state index contributed by atoms with van der Waals surface area (Å²) in [6, 6.07) is 16.4. The Balaban J connectivity index is 1.67. The first-order chi connectivity index (χ1) is 12.5. The highest BCUT2D eigenvalue weighted by Gasteiger charge is 2.29. The number of nitrogens with zero attached hydrogens (tertiary/aromatic N) is 3. The van der Waals surface area contributed by atoms with E-state index in [2.05, 4.69) is 15.5 Å². The zero-order chi connectivity index (χ0) is 18.1. The summed E-state index contributed by atoms with van der Waals surface area (Å²) in [5, 5.41) is 11.1. The lowest BCUT2D eigenvalue weighted by atomic mass is 10.0. The van der Waals surface area contributed by atoms with Crippen LogP contribution in [0.25, 0.3) is 16.8 Å². The number of benzene rings is 2. The Morgan fingerprint density at radius 3 is 2.46 bits per heavy atom. The number of anilines is 2. The van der Waals surface area contributed by atoms with Crippen molar-refractivity contribution in [1.29, 1.82) is 0 Å². The second-order valence-corrected chi connectivity index (χ2v) is 5.76. The van der Waals surface area contributed by atoms with E-state index in [1.54, 1.807) is 10.7 Å². The van der Waals surface area contributed by atoms with Crippen molar-refractivity contribution in [3.8, 4) is 11.1 Å². The molecule has 0 unspecified atom stereocenters. The topological polar surface area (TPSA) is 42.2 Å². The van der Waals surface area contributed by atoms with Crippen LogP contribution in [0.4, 0.5) is 24.5 Å². The van der Waals surface area contributed by atoms with Crippen LogP contribution < -0.4 is 5.32 Å². The largest absolute Gasteiger partial charge is 0.416 e. The third-order valence-corrected chi connectivity index (χ3v) is 4.03. The van der Waals surface area contributed by atoms with Crippen molar-refractivity contribution in [3.63, 3.8) is 0 Å². The average Bonchev–Trinajstić information content (AvgIpc) is 3.09. The number of halogens is 3. The number of pyridine rings is 1. The van der Waals surface area contributed by atoms with E-state index in [1.165, 1.54) is 12.1 Å². The predicted octanol–water partition coefficient (Wildman–Crippen LogP) is 5.16. The van der Waals surface area contributed by atoms with Crippen LogP contribution in [0.2, 0.25) is 0 Å². The molecule has 7 heteroatoms. The summed E-state index contributed by atoms with van der Waals surface area (Å²) in [6.07, 6.45) is -0.866. The maximum absolute atomic E-state index is 12.7. The molecule has 4 nitrogen and oxygen atoms in total. The van der Waals surface area contributed by atoms with Crippen molar-refractivity contribution >= 4 is 17.0 Å². The fourth-order valence-electron chi connectivity index (χ4n) is 2.73. The lowest BCUT2D eigenvalue weighted by Gasteiger charge is -2.13. The molecule has 130 valence electrons. The maximum atomic E-state index is 12.7. The van der Waals surface area contributed by atoms with E-state index in [0.717, 1.165) is 28.9 Å². The van der Waals surface area contributed by atoms with Gasteiger partial charge in [-0.05, 0) is 48.0 Å². The molecule has 26 heavy (non-hydrogen) atoms. The smallest absolute Gasteiger partial charge is 0.355 e. The molecule has 0 saturated heterocycles. The van der Waals surface area contributed by atoms with Crippen LogP contribution in [0.15, 0.2) is 73.2 Å². The monoisotopic (exact) mass is 354 g/mol. The molecule has 0 fully saturated rings. The van der Waals surface area contributed by atoms with Gasteiger partial charge in [0, 0.05) is 23.1 Å². The molecule has 0 bridgehead atoms. The van der Waals surface area contributed by atoms with Gasteiger partial charge in [0.25, 0.3) is 0 Å². The number of fused-ring (bicyclic) bond motifs is 1. The molecule has 4 aromatic rings. The predicted molar refractivity (Wildman–Crippen MR) is 93.1 cm³/mol. The van der Waals surface area contributed by atoms with Crippen molar-refractivity contribution in [3.05, 3.63) is 78.8 Å². The number of rotatable bonds is 3. The molecule has 0 spiro atoms. The highest BCUT2D eigenvalue weighted by Crippen LogP contribution is 2.33. The summed E-state index contributed by atoms with van der Waals surface area (Å²) in [7, 11) is 0. The molecule has 4 rings (SSSR count). The molecule has 0 aliphatic heterocycles. The first kappa shape index (κ1) is 16.1. The Bertz CT molecular complexity index is 1050. The van der Waals surface area contributed by atoms with Gasteiger partial charge >= 0.3 is 6.18 Å². The molecular weight excluding hydrogens is 341 g/mol. The van der Waals surface area contributed by atoms with Gasteiger partial charge in [-0.2, -0.15) is 13.2 Å². The molecule has 0 amide bonds. The molecule has 0 atom stereocenters. The Kier molecular flexibility index (Phi) is 3.84. The van der Waals surface area contributed by atoms with E-state index in [1.807, 2.05) is 42.6 Å². The van der Waals surface area contributed by atoms with Gasteiger partial charge in [0.2, 0.25) is 0 Å². The highest BCUT2D eigenvalue weighted by atomic mass is 19.4. The Morgan fingerprint density at radius 1 is 0.923 bits per heavy atom. The minimum atomic E-state index is -4.34. The minimum Gasteiger partial charge on any atom is -0.355 e. The molecule has 2 aromatic carbocycles. The van der Waals surface area contributed by atoms with Crippen LogP contribution in [0, 0.1) is 0 Å². The molecule has 1 N–H and O–H groups in total. The van der Waals surface area contributed by atoms with Crippen molar-refractivity contribution in [2.75, 3.05) is 5.32 Å². The van der Waals surface area contributed by atoms with Crippen LogP contribution >= 0.6 is 0 Å². The highest BCUT2D eigenvalue weighted by molar-refractivity contribution is 5.82. The second kappa shape index (κ2) is 6.18. The van der Waals surface area contributed by atoms with Gasteiger partial charge < -0.3 is 5.32 Å². The average molecular weight is 354 g/mol. The van der Waals surface area contributed by atoms with Crippen molar-refractivity contribution < 1.29 is 13.2 Å². The second-order valence-electron chi connectivity index (χ2n) is 5.76. The van der Waals surface area contributed by atoms with Crippen LogP contribution in [0.3, 0.4) is 0 Å². The standard InChI is InChI=1S/C19H13F3N4/c20-19(21,22)14-5-7-15(8-6-14)24-17-4-2-1-3-16(17)13-9-10-26-12-23-25-18(26)11-13/h1-12,24H. The molecule has 2 heterocycles. The van der Waals surface area contributed by atoms with Crippen LogP contribution in [-0.4, -0.2) is 14.6 Å². The van der Waals surface area contributed by atoms with Crippen molar-refractivity contribution in [2.24, 2.45) is 0 Å². The number of hydrogen-bond donors (Lipinski definition) is 1. The van der Waals surface area contributed by atoms with E-state index in [-0.39, 0.29) is 0 Å². The fraction of sp³-hybridized carbons (Fsp3) is 0.0526. The number of nitrogens with one attached hydrogen (secondary N) is 1. The summed E-state index contributed by atoms with van der Waals surface area (Å²) >= 11 is 0. The Morgan fingerprint density at radius 2 is 1.69 bits per heavy atom. The van der Waals surface area contributed by atoms with Gasteiger partial charge in [-0.15, -0.1) is 10.2 Å². The molecule has 0 aliphatic rings. The van der Waals surface area contributed by atoms with E-state index in [9.17, 15) is 13.2 Å². The van der Waals surface area contributed by atoms with Crippen LogP contribution in [-0.2, 0) is 6.18 Å². The van der Waals surface area contributed by atoms with E-state index in [0.29, 0.717) is 11.3 Å². The van der Waals surface area contributed by atoms with Gasteiger partial charge in [0.05, 0.1) is 5.56 Å². The molecule has 2 aromatic heterocycles. The van der Waals surface area contributed by atoms with Crippen LogP contribution in [0.1, 0.15) is 5.56 Å². The van der Waals surface area contributed by atoms with E-state index in [4.69, 9.17) is 0 Å². The first-order valence-electron chi connectivity index (χ1n) is 7.84. The summed E-state index contributed by atoms with van der Waals surface area (Å²) < 4.78 is 39.9. The van der Waals surface area contributed by atoms with Gasteiger partial charge in [0.1, 0.15) is 6.33 Å². The number of para-hydroxylation sites is 1. The summed E-state index contributed by atoms with van der Waals surface area (Å²) in [6.45, 7) is 0. The molecule has 0 aliphatic carbocycles. The first-order valence-corrected chi connectivity index (χ1v) is 7.84. The molecule has 0 saturated carbocycles. The lowest BCUT2D eigenvalue weighted by Crippen LogP contribution is -2.04. The van der Waals surface area contributed by atoms with Crippen LogP contribution in [0.5, 0.6) is 0 Å². The summed E-state index contributed by atoms with van der Waals surface area (Å²) in [4.78, 5) is 0. The third kappa shape index (κ3) is 3.11. The number of aromatic nitrogens is 3.